The predicted octanol–water partition coefficient (Wildman–Crippen LogP) is 3.40. The third kappa shape index (κ3) is 3.05. The quantitative estimate of drug-likeness (QED) is 0.901. The number of ether oxygens (including phenoxy) is 1. The van der Waals surface area contributed by atoms with Gasteiger partial charge in [0.05, 0.1) is 22.7 Å². The van der Waals surface area contributed by atoms with Crippen LogP contribution in [0, 0.1) is 0 Å². The summed E-state index contributed by atoms with van der Waals surface area (Å²) in [6, 6.07) is 5.32. The van der Waals surface area contributed by atoms with Crippen molar-refractivity contribution in [1.29, 1.82) is 0 Å². The molecule has 1 unspecified atom stereocenters. The van der Waals surface area contributed by atoms with Gasteiger partial charge >= 0.3 is 0 Å². The van der Waals surface area contributed by atoms with Crippen molar-refractivity contribution in [2.75, 3.05) is 13.2 Å². The largest absolute Gasteiger partial charge is 0.379 e. The molecule has 1 aliphatic heterocycles. The summed E-state index contributed by atoms with van der Waals surface area (Å²) in [5.41, 5.74) is 0.180. The monoisotopic (exact) mass is 331 g/mol. The van der Waals surface area contributed by atoms with E-state index in [9.17, 15) is 4.79 Å². The Labute approximate surface area is 120 Å². The topological polar surface area (TPSA) is 38.3 Å². The molecule has 1 aromatic rings. The standard InChI is InChI=1S/C13H15BrClNO2/c1-13(6-3-7-18-8-13)16-12(17)9-4-2-5-10(14)11(9)15/h2,4-5H,3,6-8H2,1H3,(H,16,17). The summed E-state index contributed by atoms with van der Waals surface area (Å²) in [7, 11) is 0. The van der Waals surface area contributed by atoms with E-state index in [1.807, 2.05) is 13.0 Å². The number of rotatable bonds is 2. The molecule has 18 heavy (non-hydrogen) atoms. The molecule has 1 aromatic carbocycles. The van der Waals surface area contributed by atoms with Gasteiger partial charge in [-0.15, -0.1) is 0 Å². The van der Waals surface area contributed by atoms with Gasteiger partial charge in [-0.05, 0) is 47.8 Å². The highest BCUT2D eigenvalue weighted by atomic mass is 79.9. The average Bonchev–Trinajstić information content (AvgIpc) is 2.33. The highest BCUT2D eigenvalue weighted by Gasteiger charge is 2.30. The molecule has 3 nitrogen and oxygen atoms in total. The molecule has 2 rings (SSSR count). The number of benzene rings is 1. The molecule has 1 amide bonds. The van der Waals surface area contributed by atoms with Crippen molar-refractivity contribution in [3.63, 3.8) is 0 Å². The van der Waals surface area contributed by atoms with E-state index in [0.717, 1.165) is 23.9 Å². The normalized spacial score (nSPS) is 23.7. The predicted molar refractivity (Wildman–Crippen MR) is 75.1 cm³/mol. The van der Waals surface area contributed by atoms with Crippen LogP contribution in [0.5, 0.6) is 0 Å². The first-order chi connectivity index (χ1) is 8.52. The number of carbonyl (C=O) groups excluding carboxylic acids is 1. The molecule has 0 saturated carbocycles. The van der Waals surface area contributed by atoms with Crippen LogP contribution in [0.3, 0.4) is 0 Å². The van der Waals surface area contributed by atoms with Gasteiger partial charge in [-0.2, -0.15) is 0 Å². The van der Waals surface area contributed by atoms with E-state index in [1.54, 1.807) is 12.1 Å². The van der Waals surface area contributed by atoms with Crippen LogP contribution in [0.4, 0.5) is 0 Å². The minimum Gasteiger partial charge on any atom is -0.379 e. The first-order valence-electron chi connectivity index (χ1n) is 5.86. The number of hydrogen-bond donors (Lipinski definition) is 1. The van der Waals surface area contributed by atoms with Gasteiger partial charge in [0.1, 0.15) is 0 Å². The number of carbonyl (C=O) groups is 1. The highest BCUT2D eigenvalue weighted by molar-refractivity contribution is 9.10. The van der Waals surface area contributed by atoms with Gasteiger partial charge in [-0.3, -0.25) is 4.79 Å². The summed E-state index contributed by atoms with van der Waals surface area (Å²) < 4.78 is 6.14. The van der Waals surface area contributed by atoms with Gasteiger partial charge in [0, 0.05) is 11.1 Å². The Hall–Kier alpha value is -0.580. The molecule has 98 valence electrons. The number of nitrogens with one attached hydrogen (secondary N) is 1. The summed E-state index contributed by atoms with van der Waals surface area (Å²) in [5, 5.41) is 3.45. The van der Waals surface area contributed by atoms with Crippen molar-refractivity contribution in [3.8, 4) is 0 Å². The van der Waals surface area contributed by atoms with Crippen molar-refractivity contribution >= 4 is 33.4 Å². The van der Waals surface area contributed by atoms with Crippen LogP contribution in [0.1, 0.15) is 30.1 Å². The third-order valence-electron chi connectivity index (χ3n) is 3.05. The lowest BCUT2D eigenvalue weighted by atomic mass is 9.94. The molecule has 0 aromatic heterocycles. The molecule has 1 atom stereocenters. The van der Waals surface area contributed by atoms with Crippen molar-refractivity contribution < 1.29 is 9.53 Å². The second-order valence-corrected chi connectivity index (χ2v) is 6.00. The van der Waals surface area contributed by atoms with E-state index in [2.05, 4.69) is 21.2 Å². The Morgan fingerprint density at radius 1 is 1.56 bits per heavy atom. The molecule has 5 heteroatoms. The SMILES string of the molecule is CC1(NC(=O)c2cccc(Br)c2Cl)CCCOC1. The van der Waals surface area contributed by atoms with Crippen molar-refractivity contribution in [2.24, 2.45) is 0 Å². The smallest absolute Gasteiger partial charge is 0.253 e. The summed E-state index contributed by atoms with van der Waals surface area (Å²) >= 11 is 9.43. The summed E-state index contributed by atoms with van der Waals surface area (Å²) in [6.07, 6.45) is 1.88. The van der Waals surface area contributed by atoms with Gasteiger partial charge in [-0.25, -0.2) is 0 Å². The fourth-order valence-corrected chi connectivity index (χ4v) is 2.63. The first-order valence-corrected chi connectivity index (χ1v) is 7.03. The van der Waals surface area contributed by atoms with Gasteiger partial charge in [0.2, 0.25) is 0 Å². The zero-order chi connectivity index (χ0) is 13.2. The Kier molecular flexibility index (Phi) is 4.30. The van der Waals surface area contributed by atoms with E-state index in [0.29, 0.717) is 17.2 Å². The lowest BCUT2D eigenvalue weighted by Crippen LogP contribution is -2.51. The maximum atomic E-state index is 12.2. The number of hydrogen-bond acceptors (Lipinski definition) is 2. The molecule has 0 radical (unpaired) electrons. The van der Waals surface area contributed by atoms with Gasteiger partial charge in [0.15, 0.2) is 0 Å². The van der Waals surface area contributed by atoms with Crippen LogP contribution >= 0.6 is 27.5 Å². The average molecular weight is 333 g/mol. The van der Waals surface area contributed by atoms with Crippen molar-refractivity contribution in [3.05, 3.63) is 33.3 Å². The van der Waals surface area contributed by atoms with Crippen LogP contribution in [0.25, 0.3) is 0 Å². The minimum absolute atomic E-state index is 0.158. The molecule has 0 bridgehead atoms. The summed E-state index contributed by atoms with van der Waals surface area (Å²) in [5.74, 6) is -0.158. The fraction of sp³-hybridized carbons (Fsp3) is 0.462. The second-order valence-electron chi connectivity index (χ2n) is 4.77. The molecule has 1 saturated heterocycles. The summed E-state index contributed by atoms with van der Waals surface area (Å²) in [4.78, 5) is 12.2. The maximum absolute atomic E-state index is 12.2. The van der Waals surface area contributed by atoms with Gasteiger partial charge in [0.25, 0.3) is 5.91 Å². The lowest BCUT2D eigenvalue weighted by Gasteiger charge is -2.34. The van der Waals surface area contributed by atoms with E-state index < -0.39 is 0 Å². The number of halogens is 2. The van der Waals surface area contributed by atoms with E-state index in [4.69, 9.17) is 16.3 Å². The summed E-state index contributed by atoms with van der Waals surface area (Å²) in [6.45, 7) is 3.31. The van der Waals surface area contributed by atoms with Crippen LogP contribution in [0.2, 0.25) is 5.02 Å². The zero-order valence-electron chi connectivity index (χ0n) is 10.1. The molecule has 1 N–H and O–H groups in total. The zero-order valence-corrected chi connectivity index (χ0v) is 12.5. The van der Waals surface area contributed by atoms with E-state index in [-0.39, 0.29) is 11.4 Å². The van der Waals surface area contributed by atoms with Crippen LogP contribution in [-0.4, -0.2) is 24.7 Å². The Morgan fingerprint density at radius 3 is 3.00 bits per heavy atom. The molecule has 1 heterocycles. The van der Waals surface area contributed by atoms with Crippen LogP contribution in [0.15, 0.2) is 22.7 Å². The maximum Gasteiger partial charge on any atom is 0.253 e. The molecule has 1 fully saturated rings. The van der Waals surface area contributed by atoms with Crippen LogP contribution < -0.4 is 5.32 Å². The van der Waals surface area contributed by atoms with Crippen molar-refractivity contribution in [2.45, 2.75) is 25.3 Å². The number of amides is 1. The second kappa shape index (κ2) is 5.59. The minimum atomic E-state index is -0.305. The molecule has 0 aliphatic carbocycles. The Balaban J connectivity index is 2.14. The Bertz CT molecular complexity index is 458. The molecule has 1 aliphatic rings. The van der Waals surface area contributed by atoms with Crippen LogP contribution in [-0.2, 0) is 4.74 Å². The molecule has 0 spiro atoms. The lowest BCUT2D eigenvalue weighted by molar-refractivity contribution is 0.0272. The first kappa shape index (κ1) is 13.8. The molecular formula is C13H15BrClNO2. The van der Waals surface area contributed by atoms with Crippen molar-refractivity contribution in [1.82, 2.24) is 5.32 Å². The Morgan fingerprint density at radius 2 is 2.33 bits per heavy atom. The highest BCUT2D eigenvalue weighted by Crippen LogP contribution is 2.27. The van der Waals surface area contributed by atoms with Gasteiger partial charge in [-0.1, -0.05) is 17.7 Å². The molecular weight excluding hydrogens is 318 g/mol. The third-order valence-corrected chi connectivity index (χ3v) is 4.35. The fourth-order valence-electron chi connectivity index (χ4n) is 2.05. The van der Waals surface area contributed by atoms with E-state index in [1.165, 1.54) is 0 Å². The van der Waals surface area contributed by atoms with E-state index >= 15 is 0 Å². The van der Waals surface area contributed by atoms with Gasteiger partial charge < -0.3 is 10.1 Å².